The summed E-state index contributed by atoms with van der Waals surface area (Å²) in [5.41, 5.74) is 4.98. The number of amides is 1. The first kappa shape index (κ1) is 29.3. The number of carboxylic acid groups (broad SMARTS) is 1. The molecule has 176 valence electrons. The maximum absolute atomic E-state index is 11.8. The van der Waals surface area contributed by atoms with Gasteiger partial charge in [-0.1, -0.05) is 45.9 Å². The number of hydrogen-bond acceptors (Lipinski definition) is 7. The molecular weight excluding hydrogens is 521 g/mol. The van der Waals surface area contributed by atoms with Crippen molar-refractivity contribution in [3.8, 4) is 0 Å². The zero-order chi connectivity index (χ0) is 24.6. The molecule has 0 spiro atoms. The Balaban J connectivity index is 0.000000484. The van der Waals surface area contributed by atoms with Gasteiger partial charge in [0, 0.05) is 0 Å². The molecule has 31 heavy (non-hydrogen) atoms. The van der Waals surface area contributed by atoms with Crippen LogP contribution in [0, 0.1) is 13.8 Å². The van der Waals surface area contributed by atoms with Crippen LogP contribution in [0.5, 0.6) is 0 Å². The predicted molar refractivity (Wildman–Crippen MR) is 104 cm³/mol. The number of nitrogens with zero attached hydrogens (tertiary/aromatic N) is 2. The second-order valence-electron chi connectivity index (χ2n) is 5.19. The first-order valence-electron chi connectivity index (χ1n) is 7.57. The van der Waals surface area contributed by atoms with Crippen LogP contribution in [0.1, 0.15) is 30.7 Å². The Bertz CT molecular complexity index is 887. The van der Waals surface area contributed by atoms with Gasteiger partial charge in [0.1, 0.15) is 16.3 Å². The number of aromatic carboxylic acids is 1. The third kappa shape index (κ3) is 12.7. The number of carbonyl (C=O) groups excluding carboxylic acids is 1. The van der Waals surface area contributed by atoms with Gasteiger partial charge in [-0.15, -0.1) is 0 Å². The minimum atomic E-state index is -4.42. The summed E-state index contributed by atoms with van der Waals surface area (Å²) in [5, 5.41) is 10.2. The van der Waals surface area contributed by atoms with Crippen LogP contribution in [0.4, 0.5) is 26.3 Å². The molecule has 1 amide bonds. The Hall–Kier alpha value is -1.68. The van der Waals surface area contributed by atoms with E-state index in [9.17, 15) is 35.9 Å². The third-order valence-electron chi connectivity index (χ3n) is 2.62. The molecule has 0 radical (unpaired) electrons. The molecule has 2 heterocycles. The molecule has 0 fully saturated rings. The van der Waals surface area contributed by atoms with Crippen molar-refractivity contribution in [1.82, 2.24) is 15.3 Å². The van der Waals surface area contributed by atoms with Gasteiger partial charge in [-0.2, -0.15) is 26.3 Å². The zero-order valence-corrected chi connectivity index (χ0v) is 18.6. The highest BCUT2D eigenvalue weighted by Gasteiger charge is 2.28. The lowest BCUT2D eigenvalue weighted by Crippen LogP contribution is -2.33. The molecule has 0 bridgehead atoms. The molecule has 0 atom stereocenters. The fourth-order valence-electron chi connectivity index (χ4n) is 1.40. The number of aromatic nitrogens is 2. The number of aryl methyl sites for hydroxylation is 2. The number of nitrogens with two attached hydrogens (primary N) is 1. The van der Waals surface area contributed by atoms with Crippen LogP contribution in [0.3, 0.4) is 0 Å². The summed E-state index contributed by atoms with van der Waals surface area (Å²) in [6.45, 7) is 0.532. The summed E-state index contributed by atoms with van der Waals surface area (Å²) >= 11 is 12.8. The van der Waals surface area contributed by atoms with Crippen molar-refractivity contribution in [2.45, 2.75) is 26.2 Å². The van der Waals surface area contributed by atoms with E-state index < -0.39 is 37.3 Å². The average molecular weight is 535 g/mol. The van der Waals surface area contributed by atoms with E-state index in [1.54, 1.807) is 12.2 Å². The van der Waals surface area contributed by atoms with Crippen LogP contribution >= 0.6 is 45.9 Å². The van der Waals surface area contributed by atoms with Crippen LogP contribution in [0.25, 0.3) is 0 Å². The number of nitrogens with one attached hydrogen (secondary N) is 1. The van der Waals surface area contributed by atoms with Crippen molar-refractivity contribution >= 4 is 57.8 Å². The van der Waals surface area contributed by atoms with E-state index in [0.29, 0.717) is 11.4 Å². The molecule has 0 aliphatic rings. The normalized spacial score (nSPS) is 11.1. The van der Waals surface area contributed by atoms with Crippen molar-refractivity contribution in [2.75, 3.05) is 13.1 Å². The number of thiazole rings is 2. The topological polar surface area (TPSA) is 118 Å². The van der Waals surface area contributed by atoms with Crippen molar-refractivity contribution in [2.24, 2.45) is 5.73 Å². The monoisotopic (exact) mass is 534 g/mol. The highest BCUT2D eigenvalue weighted by molar-refractivity contribution is 7.18. The van der Waals surface area contributed by atoms with Gasteiger partial charge in [-0.05, 0) is 13.8 Å². The molecule has 0 saturated heterocycles. The van der Waals surface area contributed by atoms with Crippen LogP contribution in [0.15, 0.2) is 0 Å². The number of rotatable bonds is 3. The summed E-state index contributed by atoms with van der Waals surface area (Å²) in [5.74, 6) is -1.78. The Labute approximate surface area is 189 Å². The largest absolute Gasteiger partial charge is 0.477 e. The average Bonchev–Trinajstić information content (AvgIpc) is 3.13. The summed E-state index contributed by atoms with van der Waals surface area (Å²) in [4.78, 5) is 29.3. The molecule has 2 aromatic rings. The number of carbonyl (C=O) groups is 2. The molecule has 0 aliphatic carbocycles. The highest BCUT2D eigenvalue weighted by atomic mass is 35.5. The van der Waals surface area contributed by atoms with E-state index in [-0.39, 0.29) is 18.7 Å². The van der Waals surface area contributed by atoms with Gasteiger partial charge in [-0.25, -0.2) is 14.8 Å². The molecule has 4 N–H and O–H groups in total. The van der Waals surface area contributed by atoms with Crippen molar-refractivity contribution in [1.29, 1.82) is 0 Å². The lowest BCUT2D eigenvalue weighted by molar-refractivity contribution is -0.123. The Morgan fingerprint density at radius 1 is 0.968 bits per heavy atom. The van der Waals surface area contributed by atoms with Gasteiger partial charge in [0.25, 0.3) is 5.91 Å². The summed E-state index contributed by atoms with van der Waals surface area (Å²) < 4.78 is 67.7. The van der Waals surface area contributed by atoms with Gasteiger partial charge in [-0.3, -0.25) is 4.79 Å². The maximum Gasteiger partial charge on any atom is 0.405 e. The zero-order valence-electron chi connectivity index (χ0n) is 15.5. The quantitative estimate of drug-likeness (QED) is 0.491. The second kappa shape index (κ2) is 12.4. The van der Waals surface area contributed by atoms with E-state index in [2.05, 4.69) is 15.7 Å². The third-order valence-corrected chi connectivity index (χ3v) is 5.13. The first-order chi connectivity index (χ1) is 14.0. The van der Waals surface area contributed by atoms with E-state index >= 15 is 0 Å². The van der Waals surface area contributed by atoms with E-state index in [1.165, 1.54) is 6.92 Å². The highest BCUT2D eigenvalue weighted by Crippen LogP contribution is 2.23. The maximum atomic E-state index is 11.8. The van der Waals surface area contributed by atoms with E-state index in [4.69, 9.17) is 28.3 Å². The fourth-order valence-corrected chi connectivity index (χ4v) is 3.45. The van der Waals surface area contributed by atoms with E-state index in [0.717, 1.165) is 22.7 Å². The number of carboxylic acids is 1. The van der Waals surface area contributed by atoms with Gasteiger partial charge in [0.2, 0.25) is 0 Å². The Morgan fingerprint density at radius 3 is 1.58 bits per heavy atom. The Morgan fingerprint density at radius 2 is 1.35 bits per heavy atom. The SMILES string of the molecule is Cc1nc(Cl)sc1C(=O)NCC(F)(F)F.Cc1nc(Cl)sc1C(=O)O.NCC(F)(F)F. The Kier molecular flexibility index (Phi) is 11.7. The fraction of sp³-hybridized carbons (Fsp3) is 0.429. The second-order valence-corrected chi connectivity index (χ2v) is 8.35. The van der Waals surface area contributed by atoms with Crippen molar-refractivity contribution in [3.05, 3.63) is 30.1 Å². The van der Waals surface area contributed by atoms with Crippen LogP contribution in [0.2, 0.25) is 8.93 Å². The minimum Gasteiger partial charge on any atom is -0.477 e. The molecule has 0 aliphatic heterocycles. The minimum absolute atomic E-state index is 0.101. The molecule has 17 heteroatoms. The van der Waals surface area contributed by atoms with Crippen LogP contribution < -0.4 is 11.1 Å². The molecular formula is C14H14Cl2F6N4O3S2. The van der Waals surface area contributed by atoms with Crippen molar-refractivity contribution in [3.63, 3.8) is 0 Å². The molecule has 2 rings (SSSR count). The summed E-state index contributed by atoms with van der Waals surface area (Å²) in [7, 11) is 0. The summed E-state index contributed by atoms with van der Waals surface area (Å²) in [6, 6.07) is 0. The number of halogens is 8. The number of hydrogen-bond donors (Lipinski definition) is 3. The van der Waals surface area contributed by atoms with Gasteiger partial charge in [0.15, 0.2) is 8.93 Å². The molecule has 2 aromatic heterocycles. The molecule has 0 aromatic carbocycles. The molecule has 0 saturated carbocycles. The van der Waals surface area contributed by atoms with Gasteiger partial charge >= 0.3 is 18.3 Å². The lowest BCUT2D eigenvalue weighted by Gasteiger charge is -2.06. The molecule has 0 unspecified atom stereocenters. The standard InChI is InChI=1S/C7H6ClF3N2OS.C5H4ClNO2S.C2H4F3N/c1-3-4(15-6(8)13-3)5(14)12-2-7(9,10)11;1-2-3(4(8)9)10-5(6)7-2;3-2(4,5)1-6/h2H2,1H3,(H,12,14);1H3,(H,8,9);1,6H2. The first-order valence-corrected chi connectivity index (χ1v) is 9.96. The van der Waals surface area contributed by atoms with E-state index in [1.807, 2.05) is 0 Å². The number of alkyl halides is 6. The lowest BCUT2D eigenvalue weighted by atomic mass is 10.4. The van der Waals surface area contributed by atoms with Crippen LogP contribution in [-0.4, -0.2) is 52.4 Å². The smallest absolute Gasteiger partial charge is 0.405 e. The summed E-state index contributed by atoms with van der Waals surface area (Å²) in [6.07, 6.45) is -8.60. The van der Waals surface area contributed by atoms with Crippen LogP contribution in [-0.2, 0) is 0 Å². The predicted octanol–water partition coefficient (Wildman–Crippen LogP) is 4.71. The van der Waals surface area contributed by atoms with Gasteiger partial charge in [0.05, 0.1) is 17.9 Å². The van der Waals surface area contributed by atoms with Gasteiger partial charge < -0.3 is 16.2 Å². The molecule has 7 nitrogen and oxygen atoms in total. The van der Waals surface area contributed by atoms with Crippen molar-refractivity contribution < 1.29 is 41.0 Å².